The number of hydrogen-bond donors (Lipinski definition) is 1. The maximum Gasteiger partial charge on any atom is 0.0747 e. The fourth-order valence-corrected chi connectivity index (χ4v) is 2.37. The van der Waals surface area contributed by atoms with Crippen molar-refractivity contribution >= 4 is 17.4 Å². The summed E-state index contributed by atoms with van der Waals surface area (Å²) in [6.07, 6.45) is 2.08. The second-order valence-electron chi connectivity index (χ2n) is 4.29. The zero-order valence-corrected chi connectivity index (χ0v) is 12.1. The molecule has 2 rings (SSSR count). The van der Waals surface area contributed by atoms with Gasteiger partial charge in [-0.3, -0.25) is 0 Å². The Bertz CT molecular complexity index is 484. The number of anilines is 1. The van der Waals surface area contributed by atoms with Gasteiger partial charge in [0.25, 0.3) is 0 Å². The van der Waals surface area contributed by atoms with Crippen molar-refractivity contribution in [3.63, 3.8) is 0 Å². The van der Waals surface area contributed by atoms with E-state index in [0.29, 0.717) is 6.61 Å². The van der Waals surface area contributed by atoms with Crippen molar-refractivity contribution in [1.29, 1.82) is 0 Å². The molecule has 0 spiro atoms. The number of methoxy groups -OCH3 is 1. The first-order chi connectivity index (χ1) is 9.33. The van der Waals surface area contributed by atoms with Crippen LogP contribution in [0.2, 0.25) is 0 Å². The van der Waals surface area contributed by atoms with Crippen molar-refractivity contribution in [2.75, 3.05) is 25.3 Å². The van der Waals surface area contributed by atoms with Gasteiger partial charge >= 0.3 is 0 Å². The number of hydrogen-bond acceptors (Lipinski definition) is 3. The van der Waals surface area contributed by atoms with E-state index in [1.54, 1.807) is 18.9 Å². The number of rotatable bonds is 6. The predicted molar refractivity (Wildman–Crippen MR) is 82.9 cm³/mol. The van der Waals surface area contributed by atoms with Gasteiger partial charge in [-0.1, -0.05) is 30.3 Å². The van der Waals surface area contributed by atoms with Crippen LogP contribution >= 0.6 is 11.8 Å². The number of nitrogens with one attached hydrogen (secondary N) is 1. The Morgan fingerprint density at radius 2 is 1.74 bits per heavy atom. The minimum Gasteiger partial charge on any atom is -0.382 e. The van der Waals surface area contributed by atoms with Gasteiger partial charge in [0.05, 0.1) is 12.6 Å². The van der Waals surface area contributed by atoms with Gasteiger partial charge in [0.15, 0.2) is 0 Å². The first-order valence-corrected chi connectivity index (χ1v) is 7.50. The Kier molecular flexibility index (Phi) is 5.31. The molecule has 0 amide bonds. The molecule has 0 aliphatic carbocycles. The van der Waals surface area contributed by atoms with E-state index in [0.717, 1.165) is 5.69 Å². The lowest BCUT2D eigenvalue weighted by molar-refractivity contribution is 0.186. The van der Waals surface area contributed by atoms with Crippen LogP contribution < -0.4 is 5.32 Å². The molecule has 2 aromatic carbocycles. The minimum absolute atomic E-state index is 0.173. The number of benzene rings is 2. The highest BCUT2D eigenvalue weighted by Crippen LogP contribution is 2.22. The maximum absolute atomic E-state index is 5.31. The standard InChI is InChI=1S/C16H19NOS/c1-18-12-16(13-6-4-3-5-7-13)17-14-8-10-15(19-2)11-9-14/h3-11,16-17H,12H2,1-2H3. The number of thioether (sulfide) groups is 1. The van der Waals surface area contributed by atoms with E-state index >= 15 is 0 Å². The van der Waals surface area contributed by atoms with Crippen molar-refractivity contribution in [2.24, 2.45) is 0 Å². The summed E-state index contributed by atoms with van der Waals surface area (Å²) in [4.78, 5) is 1.27. The van der Waals surface area contributed by atoms with E-state index < -0.39 is 0 Å². The molecule has 0 fully saturated rings. The average molecular weight is 273 g/mol. The van der Waals surface area contributed by atoms with Crippen LogP contribution in [0.3, 0.4) is 0 Å². The molecule has 2 nitrogen and oxygen atoms in total. The normalized spacial score (nSPS) is 12.1. The topological polar surface area (TPSA) is 21.3 Å². The summed E-state index contributed by atoms with van der Waals surface area (Å²) in [5.41, 5.74) is 2.35. The average Bonchev–Trinajstić information content (AvgIpc) is 2.48. The minimum atomic E-state index is 0.173. The van der Waals surface area contributed by atoms with Crippen LogP contribution in [0.5, 0.6) is 0 Å². The Balaban J connectivity index is 2.11. The van der Waals surface area contributed by atoms with Crippen molar-refractivity contribution in [3.8, 4) is 0 Å². The summed E-state index contributed by atoms with van der Waals surface area (Å²) in [5, 5.41) is 3.51. The molecule has 0 saturated heterocycles. The summed E-state index contributed by atoms with van der Waals surface area (Å²) in [7, 11) is 1.73. The van der Waals surface area contributed by atoms with Gasteiger partial charge in [-0.05, 0) is 36.1 Å². The Hall–Kier alpha value is -1.45. The van der Waals surface area contributed by atoms with Crippen LogP contribution in [-0.2, 0) is 4.74 Å². The highest BCUT2D eigenvalue weighted by atomic mass is 32.2. The fourth-order valence-electron chi connectivity index (χ4n) is 1.96. The third kappa shape index (κ3) is 4.01. The quantitative estimate of drug-likeness (QED) is 0.797. The van der Waals surface area contributed by atoms with Crippen molar-refractivity contribution in [1.82, 2.24) is 0 Å². The van der Waals surface area contributed by atoms with Gasteiger partial charge < -0.3 is 10.1 Å². The van der Waals surface area contributed by atoms with Gasteiger partial charge in [-0.15, -0.1) is 11.8 Å². The van der Waals surface area contributed by atoms with Crippen molar-refractivity contribution < 1.29 is 4.74 Å². The molecular weight excluding hydrogens is 254 g/mol. The fraction of sp³-hybridized carbons (Fsp3) is 0.250. The van der Waals surface area contributed by atoms with Gasteiger partial charge in [0.1, 0.15) is 0 Å². The first kappa shape index (κ1) is 14.0. The van der Waals surface area contributed by atoms with E-state index in [4.69, 9.17) is 4.74 Å². The van der Waals surface area contributed by atoms with Crippen LogP contribution in [0.1, 0.15) is 11.6 Å². The molecule has 1 unspecified atom stereocenters. The highest BCUT2D eigenvalue weighted by molar-refractivity contribution is 7.98. The van der Waals surface area contributed by atoms with Gasteiger partial charge in [0.2, 0.25) is 0 Å². The lowest BCUT2D eigenvalue weighted by Gasteiger charge is -2.19. The third-order valence-corrected chi connectivity index (χ3v) is 3.71. The van der Waals surface area contributed by atoms with E-state index in [1.807, 2.05) is 6.07 Å². The first-order valence-electron chi connectivity index (χ1n) is 6.28. The van der Waals surface area contributed by atoms with Gasteiger partial charge in [-0.2, -0.15) is 0 Å². The van der Waals surface area contributed by atoms with Gasteiger partial charge in [-0.25, -0.2) is 0 Å². The molecule has 0 saturated carbocycles. The Labute approximate surface area is 119 Å². The lowest BCUT2D eigenvalue weighted by Crippen LogP contribution is -2.16. The number of ether oxygens (including phenoxy) is 1. The third-order valence-electron chi connectivity index (χ3n) is 2.97. The molecule has 0 heterocycles. The van der Waals surface area contributed by atoms with E-state index in [2.05, 4.69) is 60.1 Å². The highest BCUT2D eigenvalue weighted by Gasteiger charge is 2.10. The van der Waals surface area contributed by atoms with Crippen LogP contribution in [0, 0.1) is 0 Å². The molecule has 0 aliphatic rings. The summed E-state index contributed by atoms with van der Waals surface area (Å²) >= 11 is 1.75. The predicted octanol–water partition coefficient (Wildman–Crippen LogP) is 4.21. The van der Waals surface area contributed by atoms with Crippen LogP contribution in [-0.4, -0.2) is 20.0 Å². The molecule has 3 heteroatoms. The van der Waals surface area contributed by atoms with E-state index in [1.165, 1.54) is 10.5 Å². The summed E-state index contributed by atoms with van der Waals surface area (Å²) in [5.74, 6) is 0. The molecule has 0 bridgehead atoms. The molecule has 1 atom stereocenters. The molecule has 0 aliphatic heterocycles. The summed E-state index contributed by atoms with van der Waals surface area (Å²) in [6, 6.07) is 19.0. The molecular formula is C16H19NOS. The van der Waals surface area contributed by atoms with Crippen LogP contribution in [0.4, 0.5) is 5.69 Å². The molecule has 1 N–H and O–H groups in total. The van der Waals surface area contributed by atoms with Gasteiger partial charge in [0, 0.05) is 17.7 Å². The van der Waals surface area contributed by atoms with Crippen LogP contribution in [0.25, 0.3) is 0 Å². The van der Waals surface area contributed by atoms with Crippen molar-refractivity contribution in [2.45, 2.75) is 10.9 Å². The lowest BCUT2D eigenvalue weighted by atomic mass is 10.1. The summed E-state index contributed by atoms with van der Waals surface area (Å²) in [6.45, 7) is 0.647. The van der Waals surface area contributed by atoms with E-state index in [-0.39, 0.29) is 6.04 Å². The monoisotopic (exact) mass is 273 g/mol. The Morgan fingerprint density at radius 1 is 1.05 bits per heavy atom. The van der Waals surface area contributed by atoms with Crippen molar-refractivity contribution in [3.05, 3.63) is 60.2 Å². The molecule has 19 heavy (non-hydrogen) atoms. The van der Waals surface area contributed by atoms with E-state index in [9.17, 15) is 0 Å². The summed E-state index contributed by atoms with van der Waals surface area (Å²) < 4.78 is 5.31. The smallest absolute Gasteiger partial charge is 0.0747 e. The maximum atomic E-state index is 5.31. The SMILES string of the molecule is COCC(Nc1ccc(SC)cc1)c1ccccc1. The molecule has 100 valence electrons. The second-order valence-corrected chi connectivity index (χ2v) is 5.17. The molecule has 0 aromatic heterocycles. The zero-order chi connectivity index (χ0) is 13.5. The zero-order valence-electron chi connectivity index (χ0n) is 11.3. The Morgan fingerprint density at radius 3 is 2.32 bits per heavy atom. The molecule has 2 aromatic rings. The second kappa shape index (κ2) is 7.22. The molecule has 0 radical (unpaired) electrons. The van der Waals surface area contributed by atoms with Crippen LogP contribution in [0.15, 0.2) is 59.5 Å². The largest absolute Gasteiger partial charge is 0.382 e.